The van der Waals surface area contributed by atoms with Crippen molar-refractivity contribution in [1.29, 1.82) is 0 Å². The molecule has 0 bridgehead atoms. The second kappa shape index (κ2) is 58.6. The summed E-state index contributed by atoms with van der Waals surface area (Å²) in [6, 6.07) is -0.648. The molecule has 0 rings (SSSR count). The molecule has 4 nitrogen and oxygen atoms in total. The second-order valence-corrected chi connectivity index (χ2v) is 19.7. The predicted octanol–water partition coefficient (Wildman–Crippen LogP) is 19.7. The van der Waals surface area contributed by atoms with Gasteiger partial charge in [-0.15, -0.1) is 0 Å². The van der Waals surface area contributed by atoms with Gasteiger partial charge in [-0.2, -0.15) is 0 Å². The van der Waals surface area contributed by atoms with E-state index in [-0.39, 0.29) is 12.5 Å². The lowest BCUT2D eigenvalue weighted by Gasteiger charge is -2.19. The van der Waals surface area contributed by atoms with Gasteiger partial charge in [-0.05, 0) is 89.9 Å². The molecule has 4 heteroatoms. The van der Waals surface area contributed by atoms with Gasteiger partial charge in [0.15, 0.2) is 0 Å². The summed E-state index contributed by atoms with van der Waals surface area (Å²) in [5, 5.41) is 23.1. The average Bonchev–Trinajstić information content (AvgIpc) is 3.34. The van der Waals surface area contributed by atoms with Crippen LogP contribution in [0.25, 0.3) is 0 Å². The second-order valence-electron chi connectivity index (χ2n) is 19.7. The Kier molecular flexibility index (Phi) is 56.3. The minimum Gasteiger partial charge on any atom is -0.394 e. The number of carbonyl (C=O) groups excluding carboxylic acids is 1. The van der Waals surface area contributed by atoms with E-state index in [0.717, 1.165) is 70.6 Å². The number of aliphatic hydroxyl groups excluding tert-OH is 2. The van der Waals surface area contributed by atoms with Crippen molar-refractivity contribution in [1.82, 2.24) is 5.32 Å². The zero-order valence-electron chi connectivity index (χ0n) is 45.1. The largest absolute Gasteiger partial charge is 0.394 e. The van der Waals surface area contributed by atoms with Gasteiger partial charge in [0.2, 0.25) is 5.91 Å². The molecule has 0 saturated carbocycles. The van der Waals surface area contributed by atoms with Crippen molar-refractivity contribution in [2.24, 2.45) is 0 Å². The summed E-state index contributed by atoms with van der Waals surface area (Å²) in [7, 11) is 0. The molecule has 0 aromatic rings. The molecule has 0 aromatic heterocycles. The molecule has 0 aliphatic carbocycles. The quantitative estimate of drug-likeness (QED) is 0.0420. The molecule has 0 radical (unpaired) electrons. The highest BCUT2D eigenvalue weighted by atomic mass is 16.3. The average molecular weight is 945 g/mol. The van der Waals surface area contributed by atoms with Crippen molar-refractivity contribution < 1.29 is 15.0 Å². The third-order valence-corrected chi connectivity index (χ3v) is 13.0. The van der Waals surface area contributed by atoms with Gasteiger partial charge < -0.3 is 15.5 Å². The maximum atomic E-state index is 12.5. The van der Waals surface area contributed by atoms with Gasteiger partial charge in [-0.3, -0.25) is 4.79 Å². The lowest BCUT2D eigenvalue weighted by Crippen LogP contribution is -2.45. The highest BCUT2D eigenvalue weighted by Gasteiger charge is 2.18. The van der Waals surface area contributed by atoms with E-state index in [2.05, 4.69) is 104 Å². The summed E-state index contributed by atoms with van der Waals surface area (Å²) in [5.74, 6) is -0.0765. The summed E-state index contributed by atoms with van der Waals surface area (Å²) >= 11 is 0. The number of nitrogens with one attached hydrogen (secondary N) is 1. The van der Waals surface area contributed by atoms with E-state index < -0.39 is 12.1 Å². The molecule has 0 heterocycles. The molecule has 392 valence electrons. The fourth-order valence-electron chi connectivity index (χ4n) is 8.59. The van der Waals surface area contributed by atoms with Crippen LogP contribution in [0.15, 0.2) is 97.2 Å². The minimum absolute atomic E-state index is 0.0765. The summed E-state index contributed by atoms with van der Waals surface area (Å²) in [4.78, 5) is 12.5. The van der Waals surface area contributed by atoms with Crippen molar-refractivity contribution in [3.05, 3.63) is 97.2 Å². The zero-order valence-corrected chi connectivity index (χ0v) is 45.1. The van der Waals surface area contributed by atoms with Crippen LogP contribution in [0, 0.1) is 0 Å². The molecule has 0 aliphatic rings. The smallest absolute Gasteiger partial charge is 0.220 e. The van der Waals surface area contributed by atoms with Crippen LogP contribution in [0.5, 0.6) is 0 Å². The number of hydrogen-bond acceptors (Lipinski definition) is 3. The van der Waals surface area contributed by atoms with Crippen molar-refractivity contribution in [3.63, 3.8) is 0 Å². The van der Waals surface area contributed by atoms with Crippen molar-refractivity contribution in [2.45, 2.75) is 296 Å². The molecule has 0 saturated heterocycles. The molecule has 1 amide bonds. The van der Waals surface area contributed by atoms with Gasteiger partial charge in [-0.25, -0.2) is 0 Å². The lowest BCUT2D eigenvalue weighted by molar-refractivity contribution is -0.123. The molecule has 68 heavy (non-hydrogen) atoms. The van der Waals surface area contributed by atoms with Crippen LogP contribution in [0.1, 0.15) is 284 Å². The van der Waals surface area contributed by atoms with Gasteiger partial charge in [0.05, 0.1) is 18.8 Å². The van der Waals surface area contributed by atoms with Crippen LogP contribution in [0.4, 0.5) is 0 Å². The molecular weight excluding hydrogens is 831 g/mol. The molecule has 0 spiro atoms. The number of allylic oxidation sites excluding steroid dienone is 15. The summed E-state index contributed by atoms with van der Waals surface area (Å²) in [6.07, 6.45) is 87.3. The number of carbonyl (C=O) groups is 1. The first-order valence-corrected chi connectivity index (χ1v) is 29.5. The Morgan fingerprint density at radius 3 is 1.03 bits per heavy atom. The van der Waals surface area contributed by atoms with E-state index in [1.54, 1.807) is 6.08 Å². The molecule has 3 N–H and O–H groups in total. The van der Waals surface area contributed by atoms with Gasteiger partial charge in [0.1, 0.15) is 0 Å². The molecular formula is C64H113NO3. The van der Waals surface area contributed by atoms with Crippen LogP contribution < -0.4 is 5.32 Å². The number of hydrogen-bond donors (Lipinski definition) is 3. The highest BCUT2D eigenvalue weighted by Crippen LogP contribution is 2.17. The highest BCUT2D eigenvalue weighted by molar-refractivity contribution is 5.76. The monoisotopic (exact) mass is 944 g/mol. The number of unbranched alkanes of at least 4 members (excludes halogenated alkanes) is 32. The van der Waals surface area contributed by atoms with E-state index in [9.17, 15) is 15.0 Å². The molecule has 0 aromatic carbocycles. The maximum absolute atomic E-state index is 12.5. The first kappa shape index (κ1) is 65.3. The Morgan fingerprint density at radius 2 is 0.662 bits per heavy atom. The SMILES string of the molecule is CC/C=C\C/C=C\C/C=C\C/C=C\C/C=C\CCCCCCCCCCCCCCCCCCCCCCCCCC(=O)NC(CO)C(O)/C=C/CC/C=C/CC/C=C/CCCCCCCCC. The predicted molar refractivity (Wildman–Crippen MR) is 303 cm³/mol. The first-order valence-electron chi connectivity index (χ1n) is 29.5. The summed E-state index contributed by atoms with van der Waals surface area (Å²) < 4.78 is 0. The molecule has 0 fully saturated rings. The molecule has 0 aliphatic heterocycles. The van der Waals surface area contributed by atoms with Gasteiger partial charge in [0, 0.05) is 6.42 Å². The fourth-order valence-corrected chi connectivity index (χ4v) is 8.59. The van der Waals surface area contributed by atoms with Gasteiger partial charge >= 0.3 is 0 Å². The van der Waals surface area contributed by atoms with Gasteiger partial charge in [-0.1, -0.05) is 284 Å². The van der Waals surface area contributed by atoms with Crippen LogP contribution in [0.2, 0.25) is 0 Å². The number of amides is 1. The van der Waals surface area contributed by atoms with Gasteiger partial charge in [0.25, 0.3) is 0 Å². The normalized spacial score (nSPS) is 13.5. The van der Waals surface area contributed by atoms with E-state index in [1.807, 2.05) is 6.08 Å². The topological polar surface area (TPSA) is 69.6 Å². The van der Waals surface area contributed by atoms with E-state index >= 15 is 0 Å². The van der Waals surface area contributed by atoms with Crippen LogP contribution in [-0.4, -0.2) is 34.9 Å². The fraction of sp³-hybridized carbons (Fsp3) is 0.734. The third-order valence-electron chi connectivity index (χ3n) is 13.0. The van der Waals surface area contributed by atoms with Crippen LogP contribution in [0.3, 0.4) is 0 Å². The Balaban J connectivity index is 3.47. The summed E-state index contributed by atoms with van der Waals surface area (Å²) in [6.45, 7) is 4.18. The Labute approximate surface area is 424 Å². The zero-order chi connectivity index (χ0) is 49.2. The van der Waals surface area contributed by atoms with E-state index in [1.165, 1.54) is 193 Å². The summed E-state index contributed by atoms with van der Waals surface area (Å²) in [5.41, 5.74) is 0. The lowest BCUT2D eigenvalue weighted by atomic mass is 10.0. The Bertz CT molecular complexity index is 1250. The number of aliphatic hydroxyl groups is 2. The number of rotatable bonds is 53. The first-order chi connectivity index (χ1) is 33.7. The maximum Gasteiger partial charge on any atom is 0.220 e. The van der Waals surface area contributed by atoms with Crippen LogP contribution in [-0.2, 0) is 4.79 Å². The van der Waals surface area contributed by atoms with Crippen LogP contribution >= 0.6 is 0 Å². The minimum atomic E-state index is -0.872. The van der Waals surface area contributed by atoms with E-state index in [4.69, 9.17) is 0 Å². The third kappa shape index (κ3) is 54.3. The van der Waals surface area contributed by atoms with E-state index in [0.29, 0.717) is 6.42 Å². The molecule has 2 atom stereocenters. The Hall–Kier alpha value is -2.69. The van der Waals surface area contributed by atoms with Crippen molar-refractivity contribution >= 4 is 5.91 Å². The van der Waals surface area contributed by atoms with Crippen molar-refractivity contribution in [3.8, 4) is 0 Å². The van der Waals surface area contributed by atoms with Crippen molar-refractivity contribution in [2.75, 3.05) is 6.61 Å². The molecule has 2 unspecified atom stereocenters. The standard InChI is InChI=1S/C64H113NO3/c1-3-5-7-9-11-13-15-17-19-21-22-23-24-25-26-27-28-29-30-31-32-33-34-35-36-37-38-39-40-41-42-44-46-48-50-52-54-56-58-60-64(68)65-62(61-66)63(67)59-57-55-53-51-49-47-45-43-20-18-16-14-12-10-8-6-4-2/h5,7,11,13,17,19-20,22-23,25-26,43,49,51,57,59,62-63,66-67H,3-4,6,8-10,12,14-16,18,21,24,27-42,44-48,50,52-56,58,60-61H2,1-2H3,(H,65,68)/b7-5-,13-11-,19-17-,23-22-,26-25-,43-20+,51-49+,59-57+. The Morgan fingerprint density at radius 1 is 0.368 bits per heavy atom.